The standard InChI is InChI=1S/C21H21ClF3N3O2S/c1-14-3-5-17(21(23,24)25)9-16(14)12-28(18-6-4-15(11-26)20(22)10-18)19-7-8-27(13-19)31(2,29)30/h3-6,9-10,19H,7-8,12-13H2,1-2H3/t19-/m0/s1. The molecule has 0 saturated carbocycles. The fraction of sp³-hybridized carbons (Fsp3) is 0.381. The molecule has 1 fully saturated rings. The predicted octanol–water partition coefficient (Wildman–Crippen LogP) is 4.58. The van der Waals surface area contributed by atoms with Crippen molar-refractivity contribution in [3.05, 3.63) is 63.7 Å². The molecule has 0 amide bonds. The Bertz CT molecular complexity index is 1130. The lowest BCUT2D eigenvalue weighted by Gasteiger charge is -2.32. The summed E-state index contributed by atoms with van der Waals surface area (Å²) in [5.41, 5.74) is 1.32. The summed E-state index contributed by atoms with van der Waals surface area (Å²) in [4.78, 5) is 1.86. The molecule has 2 aromatic carbocycles. The fourth-order valence-corrected chi connectivity index (χ4v) is 4.77. The van der Waals surface area contributed by atoms with Crippen LogP contribution in [0.15, 0.2) is 36.4 Å². The molecule has 3 rings (SSSR count). The van der Waals surface area contributed by atoms with Gasteiger partial charge in [-0.15, -0.1) is 0 Å². The number of rotatable bonds is 5. The Morgan fingerprint density at radius 2 is 1.97 bits per heavy atom. The van der Waals surface area contributed by atoms with Crippen LogP contribution in [0.3, 0.4) is 0 Å². The van der Waals surface area contributed by atoms with Gasteiger partial charge in [-0.1, -0.05) is 17.7 Å². The monoisotopic (exact) mass is 471 g/mol. The third kappa shape index (κ3) is 5.32. The van der Waals surface area contributed by atoms with Crippen molar-refractivity contribution < 1.29 is 21.6 Å². The maximum Gasteiger partial charge on any atom is 0.416 e. The smallest absolute Gasteiger partial charge is 0.363 e. The highest BCUT2D eigenvalue weighted by molar-refractivity contribution is 7.88. The molecule has 0 spiro atoms. The van der Waals surface area contributed by atoms with Gasteiger partial charge in [0.25, 0.3) is 0 Å². The Morgan fingerprint density at radius 1 is 1.26 bits per heavy atom. The van der Waals surface area contributed by atoms with Gasteiger partial charge in [0.05, 0.1) is 22.4 Å². The predicted molar refractivity (Wildman–Crippen MR) is 113 cm³/mol. The quantitative estimate of drug-likeness (QED) is 0.640. The first-order valence-electron chi connectivity index (χ1n) is 9.48. The van der Waals surface area contributed by atoms with Crippen LogP contribution in [0.25, 0.3) is 0 Å². The molecule has 0 radical (unpaired) electrons. The molecule has 1 atom stereocenters. The normalized spacial score (nSPS) is 17.5. The SMILES string of the molecule is Cc1ccc(C(F)(F)F)cc1CN(c1ccc(C#N)c(Cl)c1)[C@H]1CCN(S(C)(=O)=O)C1. The summed E-state index contributed by atoms with van der Waals surface area (Å²) in [5, 5.41) is 9.36. The van der Waals surface area contributed by atoms with Gasteiger partial charge < -0.3 is 4.90 Å². The highest BCUT2D eigenvalue weighted by atomic mass is 35.5. The Hall–Kier alpha value is -2.28. The molecule has 0 unspecified atom stereocenters. The molecule has 0 bridgehead atoms. The lowest BCUT2D eigenvalue weighted by Crippen LogP contribution is -2.38. The number of hydrogen-bond acceptors (Lipinski definition) is 4. The van der Waals surface area contributed by atoms with E-state index >= 15 is 0 Å². The van der Waals surface area contributed by atoms with Gasteiger partial charge >= 0.3 is 6.18 Å². The second-order valence-electron chi connectivity index (χ2n) is 7.61. The molecular formula is C21H21ClF3N3O2S. The van der Waals surface area contributed by atoms with Crippen molar-refractivity contribution in [3.63, 3.8) is 0 Å². The zero-order chi connectivity index (χ0) is 23.0. The lowest BCUT2D eigenvalue weighted by atomic mass is 10.0. The van der Waals surface area contributed by atoms with Crippen molar-refractivity contribution >= 4 is 27.3 Å². The minimum Gasteiger partial charge on any atom is -0.363 e. The van der Waals surface area contributed by atoms with E-state index in [4.69, 9.17) is 16.9 Å². The van der Waals surface area contributed by atoms with Crippen LogP contribution in [0, 0.1) is 18.3 Å². The molecular weight excluding hydrogens is 451 g/mol. The third-order valence-electron chi connectivity index (χ3n) is 5.46. The van der Waals surface area contributed by atoms with E-state index in [1.807, 2.05) is 11.0 Å². The molecule has 0 aromatic heterocycles. The van der Waals surface area contributed by atoms with Gasteiger partial charge in [-0.05, 0) is 54.8 Å². The van der Waals surface area contributed by atoms with Gasteiger partial charge in [0.15, 0.2) is 0 Å². The first-order chi connectivity index (χ1) is 14.4. The number of nitriles is 1. The van der Waals surface area contributed by atoms with E-state index < -0.39 is 21.8 Å². The number of benzene rings is 2. The van der Waals surface area contributed by atoms with Gasteiger partial charge in [0.1, 0.15) is 6.07 Å². The summed E-state index contributed by atoms with van der Waals surface area (Å²) in [6.07, 6.45) is -2.82. The maximum absolute atomic E-state index is 13.2. The summed E-state index contributed by atoms with van der Waals surface area (Å²) < 4.78 is 65.0. The second kappa shape index (κ2) is 8.69. The van der Waals surface area contributed by atoms with E-state index in [2.05, 4.69) is 0 Å². The molecule has 1 aliphatic rings. The maximum atomic E-state index is 13.2. The van der Waals surface area contributed by atoms with E-state index in [1.54, 1.807) is 25.1 Å². The van der Waals surface area contributed by atoms with Gasteiger partial charge in [-0.2, -0.15) is 18.4 Å². The molecule has 1 saturated heterocycles. The molecule has 5 nitrogen and oxygen atoms in total. The van der Waals surface area contributed by atoms with E-state index in [0.29, 0.717) is 29.8 Å². The Balaban J connectivity index is 2.01. The average molecular weight is 472 g/mol. The van der Waals surface area contributed by atoms with Gasteiger partial charge in [0, 0.05) is 31.4 Å². The van der Waals surface area contributed by atoms with Crippen molar-refractivity contribution in [1.29, 1.82) is 5.26 Å². The van der Waals surface area contributed by atoms with Crippen molar-refractivity contribution in [2.45, 2.75) is 32.1 Å². The van der Waals surface area contributed by atoms with Crippen LogP contribution in [0.2, 0.25) is 5.02 Å². The molecule has 2 aromatic rings. The fourth-order valence-electron chi connectivity index (χ4n) is 3.67. The Morgan fingerprint density at radius 3 is 2.52 bits per heavy atom. The van der Waals surface area contributed by atoms with Crippen molar-refractivity contribution in [3.8, 4) is 6.07 Å². The molecule has 0 aliphatic carbocycles. The van der Waals surface area contributed by atoms with Crippen LogP contribution in [0.5, 0.6) is 0 Å². The molecule has 0 N–H and O–H groups in total. The minimum atomic E-state index is -4.47. The molecule has 31 heavy (non-hydrogen) atoms. The van der Waals surface area contributed by atoms with Crippen LogP contribution in [0.1, 0.15) is 28.7 Å². The summed E-state index contributed by atoms with van der Waals surface area (Å²) in [6, 6.07) is 10.1. The van der Waals surface area contributed by atoms with Crippen molar-refractivity contribution in [1.82, 2.24) is 4.31 Å². The minimum absolute atomic E-state index is 0.139. The van der Waals surface area contributed by atoms with Gasteiger partial charge in [0.2, 0.25) is 10.0 Å². The van der Waals surface area contributed by atoms with Crippen LogP contribution in [-0.2, 0) is 22.7 Å². The largest absolute Gasteiger partial charge is 0.416 e. The van der Waals surface area contributed by atoms with Gasteiger partial charge in [-0.25, -0.2) is 12.7 Å². The lowest BCUT2D eigenvalue weighted by molar-refractivity contribution is -0.137. The zero-order valence-corrected chi connectivity index (χ0v) is 18.5. The van der Waals surface area contributed by atoms with Crippen molar-refractivity contribution in [2.75, 3.05) is 24.2 Å². The number of alkyl halides is 3. The van der Waals surface area contributed by atoms with E-state index in [-0.39, 0.29) is 29.7 Å². The molecule has 166 valence electrons. The summed E-state index contributed by atoms with van der Waals surface area (Å²) in [7, 11) is -3.39. The number of nitrogens with zero attached hydrogens (tertiary/aromatic N) is 3. The summed E-state index contributed by atoms with van der Waals surface area (Å²) in [6.45, 7) is 2.41. The van der Waals surface area contributed by atoms with E-state index in [1.165, 1.54) is 10.4 Å². The first-order valence-corrected chi connectivity index (χ1v) is 11.7. The Labute approximate surface area is 184 Å². The number of sulfonamides is 1. The van der Waals surface area contributed by atoms with Crippen LogP contribution in [-0.4, -0.2) is 38.1 Å². The van der Waals surface area contributed by atoms with Crippen LogP contribution in [0.4, 0.5) is 18.9 Å². The topological polar surface area (TPSA) is 64.4 Å². The van der Waals surface area contributed by atoms with E-state index in [9.17, 15) is 21.6 Å². The average Bonchev–Trinajstić information content (AvgIpc) is 3.16. The number of aryl methyl sites for hydroxylation is 1. The Kier molecular flexibility index (Phi) is 6.56. The van der Waals surface area contributed by atoms with E-state index in [0.717, 1.165) is 18.4 Å². The highest BCUT2D eigenvalue weighted by Gasteiger charge is 2.34. The molecule has 10 heteroatoms. The van der Waals surface area contributed by atoms with Crippen molar-refractivity contribution in [2.24, 2.45) is 0 Å². The third-order valence-corrected chi connectivity index (χ3v) is 7.04. The summed E-state index contributed by atoms with van der Waals surface area (Å²) in [5.74, 6) is 0. The summed E-state index contributed by atoms with van der Waals surface area (Å²) >= 11 is 6.20. The molecule has 1 heterocycles. The second-order valence-corrected chi connectivity index (χ2v) is 10.00. The zero-order valence-electron chi connectivity index (χ0n) is 16.9. The number of anilines is 1. The number of hydrogen-bond donors (Lipinski definition) is 0. The van der Waals surface area contributed by atoms with Crippen LogP contribution < -0.4 is 4.90 Å². The highest BCUT2D eigenvalue weighted by Crippen LogP contribution is 2.33. The first kappa shape index (κ1) is 23.4. The molecule has 1 aliphatic heterocycles. The van der Waals surface area contributed by atoms with Crippen LogP contribution >= 0.6 is 11.6 Å². The van der Waals surface area contributed by atoms with Gasteiger partial charge in [-0.3, -0.25) is 0 Å². The number of halogens is 4.